The molecule has 4 rings (SSSR count). The Kier molecular flexibility index (Phi) is 4.84. The van der Waals surface area contributed by atoms with E-state index in [0.29, 0.717) is 0 Å². The van der Waals surface area contributed by atoms with Crippen LogP contribution < -0.4 is 9.05 Å². The number of allylic oxidation sites excluding steroid dienone is 2. The van der Waals surface area contributed by atoms with Crippen LogP contribution in [0.1, 0.15) is 0 Å². The van der Waals surface area contributed by atoms with Crippen molar-refractivity contribution in [3.63, 3.8) is 0 Å². The van der Waals surface area contributed by atoms with Crippen LogP contribution >= 0.6 is 7.31 Å². The first kappa shape index (κ1) is 23.3. The number of alkyl halides is 6. The van der Waals surface area contributed by atoms with Gasteiger partial charge >= 0.3 is 178 Å². The average molecular weight is 507 g/mol. The molecule has 1 fully saturated rings. The normalized spacial score (nSPS) is 23.0. The summed E-state index contributed by atoms with van der Waals surface area (Å²) in [5.74, 6) is -8.15. The topological polar surface area (TPSA) is 55.4 Å². The quantitative estimate of drug-likeness (QED) is 0.351. The molecule has 2 aliphatic heterocycles. The number of benzene rings is 2. The maximum absolute atomic E-state index is 13.6. The van der Waals surface area contributed by atoms with E-state index in [1.807, 2.05) is 0 Å². The second-order valence-electron chi connectivity index (χ2n) is 6.71. The Bertz CT molecular complexity index is 1020. The van der Waals surface area contributed by atoms with E-state index in [2.05, 4.69) is 0 Å². The van der Waals surface area contributed by atoms with Crippen LogP contribution in [0, 0.1) is 11.6 Å². The summed E-state index contributed by atoms with van der Waals surface area (Å²) in [5, 5.41) is 0. The first-order valence-corrected chi connectivity index (χ1v) is 11.1. The summed E-state index contributed by atoms with van der Waals surface area (Å²) in [5.41, 5.74) is 0. The van der Waals surface area contributed by atoms with Gasteiger partial charge in [0.1, 0.15) is 0 Å². The molecule has 1 saturated heterocycles. The van der Waals surface area contributed by atoms with Gasteiger partial charge in [-0.15, -0.1) is 0 Å². The van der Waals surface area contributed by atoms with Gasteiger partial charge in [-0.05, 0) is 0 Å². The molecule has 0 bridgehead atoms. The third-order valence-corrected chi connectivity index (χ3v) is 7.98. The van der Waals surface area contributed by atoms with Crippen molar-refractivity contribution in [2.45, 2.75) is 12.4 Å². The van der Waals surface area contributed by atoms with Crippen molar-refractivity contribution in [1.82, 2.24) is 0 Å². The fraction of sp³-hybridized carbons (Fsp3) is 0.222. The van der Waals surface area contributed by atoms with Crippen molar-refractivity contribution in [2.75, 3.05) is 13.2 Å². The van der Waals surface area contributed by atoms with Crippen LogP contribution in [0.25, 0.3) is 0 Å². The molecule has 2 aromatic rings. The van der Waals surface area contributed by atoms with Crippen molar-refractivity contribution < 1.29 is 62.3 Å². The van der Waals surface area contributed by atoms with Crippen molar-refractivity contribution in [3.05, 3.63) is 71.7 Å². The zero-order valence-corrected chi connectivity index (χ0v) is 16.8. The third kappa shape index (κ3) is 3.91. The Balaban J connectivity index is 1.96. The summed E-state index contributed by atoms with van der Waals surface area (Å²) >= 11 is 0. The van der Waals surface area contributed by atoms with Crippen LogP contribution in [0.4, 0.5) is 35.1 Å². The zero-order chi connectivity index (χ0) is 24.2. The zero-order valence-electron chi connectivity index (χ0n) is 16.0. The fourth-order valence-electron chi connectivity index (χ4n) is 3.04. The van der Waals surface area contributed by atoms with Crippen molar-refractivity contribution in [3.8, 4) is 11.5 Å². The van der Waals surface area contributed by atoms with Gasteiger partial charge in [0.15, 0.2) is 0 Å². The minimum atomic E-state index is -7.47. The van der Waals surface area contributed by atoms with E-state index >= 15 is 0 Å². The van der Waals surface area contributed by atoms with Gasteiger partial charge in [0.2, 0.25) is 0 Å². The van der Waals surface area contributed by atoms with E-state index < -0.39 is 67.5 Å². The predicted octanol–water partition coefficient (Wildman–Crippen LogP) is 6.43. The van der Waals surface area contributed by atoms with Gasteiger partial charge in [-0.25, -0.2) is 0 Å². The Labute approximate surface area is 179 Å². The predicted molar refractivity (Wildman–Crippen MR) is 94.2 cm³/mol. The monoisotopic (exact) mass is 507 g/mol. The molecule has 0 unspecified atom stereocenters. The van der Waals surface area contributed by atoms with Crippen molar-refractivity contribution in [2.24, 2.45) is 0 Å². The number of rotatable bonds is 4. The van der Waals surface area contributed by atoms with E-state index in [1.54, 1.807) is 0 Å². The van der Waals surface area contributed by atoms with Gasteiger partial charge < -0.3 is 0 Å². The molecule has 0 atom stereocenters. The van der Waals surface area contributed by atoms with E-state index in [1.165, 1.54) is 0 Å². The molecule has 6 nitrogen and oxygen atoms in total. The molecule has 0 saturated carbocycles. The maximum atomic E-state index is 13.6. The van der Waals surface area contributed by atoms with E-state index in [4.69, 9.17) is 27.1 Å². The molecular formula is C18H12F8O6P-. The molecule has 0 amide bonds. The molecule has 33 heavy (non-hydrogen) atoms. The molecule has 15 heteroatoms. The van der Waals surface area contributed by atoms with Crippen LogP contribution in [0.15, 0.2) is 60.0 Å². The molecule has 0 N–H and O–H groups in total. The molecule has 2 aromatic carbocycles. The van der Waals surface area contributed by atoms with Crippen LogP contribution in [0.3, 0.4) is 0 Å². The van der Waals surface area contributed by atoms with Gasteiger partial charge in [0, 0.05) is 0 Å². The van der Waals surface area contributed by atoms with Gasteiger partial charge in [-0.3, -0.25) is 0 Å². The van der Waals surface area contributed by atoms with Gasteiger partial charge in [-0.1, -0.05) is 0 Å². The third-order valence-electron chi connectivity index (χ3n) is 4.28. The Hall–Kier alpha value is -2.83. The molecule has 2 aliphatic rings. The van der Waals surface area contributed by atoms with Crippen LogP contribution in [-0.4, -0.2) is 25.6 Å². The molecule has 1 spiro atoms. The average Bonchev–Trinajstić information content (AvgIpc) is 3.25. The van der Waals surface area contributed by atoms with E-state index in [9.17, 15) is 35.1 Å². The molecule has 0 radical (unpaired) electrons. The second-order valence-corrected chi connectivity index (χ2v) is 10.2. The SMILES string of the molecule is Fc1ccc(O[P-]23(Oc4ccc(F)cc4)(OCCO2)OC(C(F)(F)F)=C(C(F)(F)F)O3)cc1. The van der Waals surface area contributed by atoms with Crippen LogP contribution in [-0.2, 0) is 18.1 Å². The standard InChI is InChI=1S/C18H12F8O6P/c19-11-1-5-13(6-2-11)29-33(27-9-10-28-33,30-14-7-3-12(20)4-8-14)31-15(17(21,22)23)16(32-33)18(24,25)26/h1-8H,9-10H2/q-1. The second kappa shape index (κ2) is 6.84. The van der Waals surface area contributed by atoms with Gasteiger partial charge in [0.25, 0.3) is 0 Å². The summed E-state index contributed by atoms with van der Waals surface area (Å²) in [6.45, 7) is -1.37. The van der Waals surface area contributed by atoms with Gasteiger partial charge in [-0.2, -0.15) is 0 Å². The van der Waals surface area contributed by atoms with E-state index in [0.717, 1.165) is 48.5 Å². The summed E-state index contributed by atoms with van der Waals surface area (Å²) in [4.78, 5) is 0. The summed E-state index contributed by atoms with van der Waals surface area (Å²) in [6, 6.07) is 6.49. The Morgan fingerprint density at radius 1 is 0.606 bits per heavy atom. The van der Waals surface area contributed by atoms with Crippen molar-refractivity contribution >= 4 is 7.31 Å². The Morgan fingerprint density at radius 2 is 0.939 bits per heavy atom. The molecule has 0 aromatic heterocycles. The molecular weight excluding hydrogens is 495 g/mol. The first-order valence-electron chi connectivity index (χ1n) is 8.89. The van der Waals surface area contributed by atoms with E-state index in [-0.39, 0.29) is 0 Å². The fourth-order valence-corrected chi connectivity index (χ4v) is 6.88. The van der Waals surface area contributed by atoms with Crippen LogP contribution in [0.2, 0.25) is 0 Å². The Morgan fingerprint density at radius 3 is 1.24 bits per heavy atom. The molecule has 0 aliphatic carbocycles. The van der Waals surface area contributed by atoms with Crippen LogP contribution in [0.5, 0.6) is 11.5 Å². The number of hydrogen-bond donors (Lipinski definition) is 0. The van der Waals surface area contributed by atoms with Crippen molar-refractivity contribution in [1.29, 1.82) is 0 Å². The minimum absolute atomic E-state index is 0.582. The number of hydrogen-bond acceptors (Lipinski definition) is 6. The summed E-state index contributed by atoms with van der Waals surface area (Å²) < 4.78 is 139. The summed E-state index contributed by atoms with van der Waals surface area (Å²) in [6.07, 6.45) is -11.5. The first-order chi connectivity index (χ1) is 15.2. The summed E-state index contributed by atoms with van der Waals surface area (Å²) in [7, 11) is -7.47. The molecule has 182 valence electrons. The van der Waals surface area contributed by atoms with Gasteiger partial charge in [0.05, 0.1) is 0 Å². The molecule has 2 heterocycles. The number of halogens is 8.